The summed E-state index contributed by atoms with van der Waals surface area (Å²) < 4.78 is 14.7. The van der Waals surface area contributed by atoms with Crippen LogP contribution in [0.15, 0.2) is 42.7 Å². The number of halogens is 3. The molecule has 1 aromatic heterocycles. The Morgan fingerprint density at radius 1 is 1.13 bits per heavy atom. The minimum atomic E-state index is -0.512. The van der Waals surface area contributed by atoms with Crippen molar-refractivity contribution >= 4 is 34.8 Å². The molecule has 1 N–H and O–H groups in total. The van der Waals surface area contributed by atoms with E-state index in [1.807, 2.05) is 0 Å². The molecule has 0 radical (unpaired) electrons. The van der Waals surface area contributed by atoms with E-state index in [0.717, 1.165) is 0 Å². The van der Waals surface area contributed by atoms with Crippen molar-refractivity contribution in [3.05, 3.63) is 64.2 Å². The molecule has 0 unspecified atom stereocenters. The molecular weight excluding hydrogens is 344 g/mol. The van der Waals surface area contributed by atoms with Crippen LogP contribution >= 0.6 is 23.2 Å². The van der Waals surface area contributed by atoms with Gasteiger partial charge in [-0.2, -0.15) is 4.68 Å². The summed E-state index contributed by atoms with van der Waals surface area (Å²) in [6, 6.07) is 8.37. The maximum Gasteiger partial charge on any atom is 0.257 e. The third kappa shape index (κ3) is 3.30. The zero-order valence-electron chi connectivity index (χ0n) is 11.4. The summed E-state index contributed by atoms with van der Waals surface area (Å²) in [5.74, 6) is -0.976. The van der Waals surface area contributed by atoms with Crippen LogP contribution in [0.4, 0.5) is 10.1 Å². The molecule has 23 heavy (non-hydrogen) atoms. The van der Waals surface area contributed by atoms with E-state index in [1.165, 1.54) is 35.3 Å². The Labute approximate surface area is 139 Å². The number of hydrogen-bond acceptors (Lipinski definition) is 4. The molecule has 3 aromatic rings. The lowest BCUT2D eigenvalue weighted by atomic mass is 10.1. The van der Waals surface area contributed by atoms with Gasteiger partial charge in [0.2, 0.25) is 0 Å². The van der Waals surface area contributed by atoms with Crippen molar-refractivity contribution < 1.29 is 9.18 Å². The van der Waals surface area contributed by atoms with Crippen molar-refractivity contribution in [2.45, 2.75) is 0 Å². The van der Waals surface area contributed by atoms with Gasteiger partial charge in [-0.1, -0.05) is 23.2 Å². The van der Waals surface area contributed by atoms with E-state index in [-0.39, 0.29) is 11.3 Å². The van der Waals surface area contributed by atoms with Crippen molar-refractivity contribution in [2.75, 3.05) is 5.32 Å². The van der Waals surface area contributed by atoms with Crippen molar-refractivity contribution in [1.82, 2.24) is 20.2 Å². The van der Waals surface area contributed by atoms with Crippen molar-refractivity contribution in [3.8, 4) is 5.69 Å². The number of carbonyl (C=O) groups is 1. The number of tetrazole rings is 1. The SMILES string of the molecule is O=C(Nc1ccc(Cl)c(Cl)c1)c1ccc(F)cc1-n1cnnn1. The lowest BCUT2D eigenvalue weighted by molar-refractivity contribution is 0.102. The lowest BCUT2D eigenvalue weighted by Gasteiger charge is -2.10. The summed E-state index contributed by atoms with van der Waals surface area (Å²) in [7, 11) is 0. The first-order chi connectivity index (χ1) is 11.0. The maximum absolute atomic E-state index is 13.5. The third-order valence-corrected chi connectivity index (χ3v) is 3.72. The Bertz CT molecular complexity index is 870. The van der Waals surface area contributed by atoms with Gasteiger partial charge in [-0.05, 0) is 40.8 Å². The number of anilines is 1. The lowest BCUT2D eigenvalue weighted by Crippen LogP contribution is -2.15. The van der Waals surface area contributed by atoms with Crippen LogP contribution in [0.2, 0.25) is 10.0 Å². The number of nitrogens with one attached hydrogen (secondary N) is 1. The Hall–Kier alpha value is -2.51. The van der Waals surface area contributed by atoms with Crippen LogP contribution in [0, 0.1) is 5.82 Å². The first kappa shape index (κ1) is 15.4. The van der Waals surface area contributed by atoms with Gasteiger partial charge >= 0.3 is 0 Å². The zero-order valence-corrected chi connectivity index (χ0v) is 12.9. The predicted molar refractivity (Wildman–Crippen MR) is 83.5 cm³/mol. The van der Waals surface area contributed by atoms with Crippen molar-refractivity contribution in [2.24, 2.45) is 0 Å². The molecule has 3 rings (SSSR count). The molecule has 0 atom stereocenters. The quantitative estimate of drug-likeness (QED) is 0.785. The van der Waals surface area contributed by atoms with Crippen molar-refractivity contribution in [1.29, 1.82) is 0 Å². The van der Waals surface area contributed by atoms with Gasteiger partial charge in [0.05, 0.1) is 21.3 Å². The number of hydrogen-bond donors (Lipinski definition) is 1. The van der Waals surface area contributed by atoms with Crippen LogP contribution in [0.3, 0.4) is 0 Å². The summed E-state index contributed by atoms with van der Waals surface area (Å²) in [6.45, 7) is 0. The molecule has 0 aliphatic rings. The molecule has 0 spiro atoms. The van der Waals surface area contributed by atoms with Crippen LogP contribution in [0.1, 0.15) is 10.4 Å². The molecule has 2 aromatic carbocycles. The third-order valence-electron chi connectivity index (χ3n) is 2.98. The fourth-order valence-corrected chi connectivity index (χ4v) is 2.23. The topological polar surface area (TPSA) is 72.7 Å². The molecule has 0 aliphatic carbocycles. The summed E-state index contributed by atoms with van der Waals surface area (Å²) in [4.78, 5) is 12.4. The largest absolute Gasteiger partial charge is 0.322 e. The minimum Gasteiger partial charge on any atom is -0.322 e. The number of aromatic nitrogens is 4. The number of rotatable bonds is 3. The number of carbonyl (C=O) groups excluding carboxylic acids is 1. The van der Waals surface area contributed by atoms with Gasteiger partial charge < -0.3 is 5.32 Å². The average molecular weight is 352 g/mol. The summed E-state index contributed by atoms with van der Waals surface area (Å²) in [6.07, 6.45) is 1.27. The van der Waals surface area contributed by atoms with E-state index < -0.39 is 11.7 Å². The standard InChI is InChI=1S/C14H8Cl2FN5O/c15-11-4-2-9(6-12(11)16)19-14(23)10-3-1-8(17)5-13(10)22-7-18-20-21-22/h1-7H,(H,19,23). The summed E-state index contributed by atoms with van der Waals surface area (Å²) in [5, 5.41) is 14.0. The monoisotopic (exact) mass is 351 g/mol. The first-order valence-corrected chi connectivity index (χ1v) is 7.09. The minimum absolute atomic E-state index is 0.199. The molecule has 0 bridgehead atoms. The molecule has 116 valence electrons. The maximum atomic E-state index is 13.5. The van der Waals surface area contributed by atoms with Crippen LogP contribution in [0.5, 0.6) is 0 Å². The summed E-state index contributed by atoms with van der Waals surface area (Å²) >= 11 is 11.7. The molecular formula is C14H8Cl2FN5O. The molecule has 0 saturated heterocycles. The molecule has 6 nitrogen and oxygen atoms in total. The molecule has 0 saturated carbocycles. The number of amides is 1. The molecule has 1 amide bonds. The van der Waals surface area contributed by atoms with Gasteiger partial charge in [0.1, 0.15) is 12.1 Å². The zero-order chi connectivity index (χ0) is 16.4. The Morgan fingerprint density at radius 3 is 2.65 bits per heavy atom. The van der Waals surface area contributed by atoms with E-state index in [1.54, 1.807) is 12.1 Å². The summed E-state index contributed by atoms with van der Waals surface area (Å²) in [5.41, 5.74) is 0.869. The second-order valence-electron chi connectivity index (χ2n) is 4.50. The first-order valence-electron chi connectivity index (χ1n) is 6.34. The second-order valence-corrected chi connectivity index (χ2v) is 5.31. The normalized spacial score (nSPS) is 10.6. The van der Waals surface area contributed by atoms with Gasteiger partial charge in [0.25, 0.3) is 5.91 Å². The fourth-order valence-electron chi connectivity index (χ4n) is 1.93. The van der Waals surface area contributed by atoms with Gasteiger partial charge in [-0.25, -0.2) is 4.39 Å². The highest BCUT2D eigenvalue weighted by Gasteiger charge is 2.15. The van der Waals surface area contributed by atoms with E-state index >= 15 is 0 Å². The van der Waals surface area contributed by atoms with Gasteiger partial charge in [0.15, 0.2) is 0 Å². The fraction of sp³-hybridized carbons (Fsp3) is 0. The highest BCUT2D eigenvalue weighted by Crippen LogP contribution is 2.25. The van der Waals surface area contributed by atoms with Gasteiger partial charge in [0, 0.05) is 11.8 Å². The van der Waals surface area contributed by atoms with Gasteiger partial charge in [-0.3, -0.25) is 4.79 Å². The van der Waals surface area contributed by atoms with Crippen LogP contribution in [0.25, 0.3) is 5.69 Å². The highest BCUT2D eigenvalue weighted by molar-refractivity contribution is 6.42. The van der Waals surface area contributed by atoms with E-state index in [0.29, 0.717) is 15.7 Å². The smallest absolute Gasteiger partial charge is 0.257 e. The van der Waals surface area contributed by atoms with E-state index in [2.05, 4.69) is 20.8 Å². The number of benzene rings is 2. The van der Waals surface area contributed by atoms with Gasteiger partial charge in [-0.15, -0.1) is 5.10 Å². The Balaban J connectivity index is 1.95. The molecule has 0 fully saturated rings. The molecule has 1 heterocycles. The van der Waals surface area contributed by atoms with Crippen LogP contribution in [-0.4, -0.2) is 26.1 Å². The Morgan fingerprint density at radius 2 is 1.96 bits per heavy atom. The van der Waals surface area contributed by atoms with E-state index in [4.69, 9.17) is 23.2 Å². The average Bonchev–Trinajstić information content (AvgIpc) is 3.05. The number of nitrogens with zero attached hydrogens (tertiary/aromatic N) is 4. The van der Waals surface area contributed by atoms with Crippen molar-refractivity contribution in [3.63, 3.8) is 0 Å². The van der Waals surface area contributed by atoms with E-state index in [9.17, 15) is 9.18 Å². The predicted octanol–water partition coefficient (Wildman–Crippen LogP) is 3.36. The molecule has 0 aliphatic heterocycles. The molecule has 9 heteroatoms. The Kier molecular flexibility index (Phi) is 4.22. The highest BCUT2D eigenvalue weighted by atomic mass is 35.5. The second kappa shape index (κ2) is 6.31. The van der Waals surface area contributed by atoms with Crippen LogP contribution < -0.4 is 5.32 Å². The van der Waals surface area contributed by atoms with Crippen LogP contribution in [-0.2, 0) is 0 Å².